The summed E-state index contributed by atoms with van der Waals surface area (Å²) in [5, 5.41) is 10.9. The average Bonchev–Trinajstić information content (AvgIpc) is 2.97. The van der Waals surface area contributed by atoms with Gasteiger partial charge in [-0.2, -0.15) is 0 Å². The van der Waals surface area contributed by atoms with Crippen molar-refractivity contribution in [2.24, 2.45) is 11.7 Å². The summed E-state index contributed by atoms with van der Waals surface area (Å²) in [5.74, 6) is 0.647. The van der Waals surface area contributed by atoms with E-state index in [0.29, 0.717) is 5.92 Å². The molecule has 0 saturated heterocycles. The van der Waals surface area contributed by atoms with Crippen LogP contribution in [0.5, 0.6) is 0 Å². The molecule has 2 N–H and O–H groups in total. The van der Waals surface area contributed by atoms with Crippen LogP contribution >= 0.6 is 15.9 Å². The van der Waals surface area contributed by atoms with Crippen molar-refractivity contribution in [2.45, 2.75) is 25.3 Å². The third-order valence-corrected chi connectivity index (χ3v) is 3.60. The molecule has 86 valence electrons. The monoisotopic (exact) mass is 284 g/mol. The Balaban J connectivity index is 2.32. The molecule has 1 aliphatic carbocycles. The number of halogens is 1. The molecule has 0 heterocycles. The molecule has 0 aliphatic heterocycles. The van der Waals surface area contributed by atoms with Crippen LogP contribution in [0, 0.1) is 16.0 Å². The van der Waals surface area contributed by atoms with E-state index in [1.807, 2.05) is 19.1 Å². The van der Waals surface area contributed by atoms with Gasteiger partial charge in [0.05, 0.1) is 4.92 Å². The largest absolute Gasteiger partial charge is 0.328 e. The Kier molecular flexibility index (Phi) is 2.99. The maximum Gasteiger partial charge on any atom is 0.274 e. The Morgan fingerprint density at radius 3 is 2.81 bits per heavy atom. The van der Waals surface area contributed by atoms with Gasteiger partial charge in [0.15, 0.2) is 0 Å². The Labute approximate surface area is 102 Å². The van der Waals surface area contributed by atoms with Gasteiger partial charge in [-0.3, -0.25) is 10.1 Å². The highest BCUT2D eigenvalue weighted by Gasteiger charge is 2.43. The maximum absolute atomic E-state index is 10.9. The van der Waals surface area contributed by atoms with Gasteiger partial charge in [0.2, 0.25) is 0 Å². The summed E-state index contributed by atoms with van der Waals surface area (Å²) in [6, 6.07) is 5.34. The topological polar surface area (TPSA) is 69.2 Å². The lowest BCUT2D eigenvalue weighted by atomic mass is 10.0. The highest BCUT2D eigenvalue weighted by molar-refractivity contribution is 9.10. The molecule has 0 aromatic heterocycles. The summed E-state index contributed by atoms with van der Waals surface area (Å²) < 4.78 is 0.737. The summed E-state index contributed by atoms with van der Waals surface area (Å²) in [5.41, 5.74) is 6.81. The molecule has 1 aromatic rings. The van der Waals surface area contributed by atoms with Crippen molar-refractivity contribution in [3.05, 3.63) is 38.3 Å². The lowest BCUT2D eigenvalue weighted by Gasteiger charge is -2.05. The molecule has 2 rings (SSSR count). The minimum absolute atomic E-state index is 0.105. The quantitative estimate of drug-likeness (QED) is 0.685. The first-order chi connectivity index (χ1) is 7.50. The number of nitro benzene ring substituents is 1. The van der Waals surface area contributed by atoms with Crippen LogP contribution < -0.4 is 5.73 Å². The molecule has 3 unspecified atom stereocenters. The Hall–Kier alpha value is -0.940. The lowest BCUT2D eigenvalue weighted by Crippen LogP contribution is -2.18. The second-order valence-electron chi connectivity index (χ2n) is 4.33. The van der Waals surface area contributed by atoms with E-state index in [4.69, 9.17) is 5.73 Å². The fourth-order valence-electron chi connectivity index (χ4n) is 2.14. The van der Waals surface area contributed by atoms with Crippen molar-refractivity contribution >= 4 is 21.6 Å². The van der Waals surface area contributed by atoms with Gasteiger partial charge in [-0.05, 0) is 31.2 Å². The number of benzene rings is 1. The van der Waals surface area contributed by atoms with E-state index in [2.05, 4.69) is 15.9 Å². The number of nitrogens with two attached hydrogens (primary N) is 1. The predicted octanol–water partition coefficient (Wildman–Crippen LogP) is 2.81. The van der Waals surface area contributed by atoms with Crippen LogP contribution in [-0.4, -0.2) is 11.0 Å². The van der Waals surface area contributed by atoms with Gasteiger partial charge in [-0.1, -0.05) is 22.0 Å². The molecular weight excluding hydrogens is 272 g/mol. The fourth-order valence-corrected chi connectivity index (χ4v) is 2.49. The summed E-state index contributed by atoms with van der Waals surface area (Å²) in [7, 11) is 0. The number of hydrogen-bond acceptors (Lipinski definition) is 3. The van der Waals surface area contributed by atoms with Crippen LogP contribution in [-0.2, 0) is 0 Å². The summed E-state index contributed by atoms with van der Waals surface area (Å²) >= 11 is 3.25. The van der Waals surface area contributed by atoms with Crippen LogP contribution in [0.15, 0.2) is 22.7 Å². The molecule has 0 radical (unpaired) electrons. The third-order valence-electron chi connectivity index (χ3n) is 3.10. The molecule has 16 heavy (non-hydrogen) atoms. The molecular formula is C11H13BrN2O2. The fraction of sp³-hybridized carbons (Fsp3) is 0.455. The van der Waals surface area contributed by atoms with Gasteiger partial charge in [0, 0.05) is 22.1 Å². The van der Waals surface area contributed by atoms with Crippen molar-refractivity contribution in [3.63, 3.8) is 0 Å². The van der Waals surface area contributed by atoms with Gasteiger partial charge < -0.3 is 5.73 Å². The number of nitrogens with zero attached hydrogens (tertiary/aromatic N) is 1. The predicted molar refractivity (Wildman–Crippen MR) is 65.3 cm³/mol. The molecule has 1 aromatic carbocycles. The first kappa shape index (κ1) is 11.5. The Morgan fingerprint density at radius 1 is 1.62 bits per heavy atom. The van der Waals surface area contributed by atoms with Gasteiger partial charge in [0.25, 0.3) is 5.69 Å². The standard InChI is InChI=1S/C11H13BrN2O2/c1-6(13)9-5-10(9)8-3-2-7(12)4-11(8)14(15)16/h2-4,6,9-10H,5,13H2,1H3. The van der Waals surface area contributed by atoms with Crippen molar-refractivity contribution in [3.8, 4) is 0 Å². The molecule has 3 atom stereocenters. The summed E-state index contributed by atoms with van der Waals surface area (Å²) in [6.07, 6.45) is 0.958. The van der Waals surface area contributed by atoms with E-state index in [-0.39, 0.29) is 22.6 Å². The number of nitro groups is 1. The Bertz CT molecular complexity index is 434. The second-order valence-corrected chi connectivity index (χ2v) is 5.24. The van der Waals surface area contributed by atoms with E-state index in [1.54, 1.807) is 6.07 Å². The molecule has 1 saturated carbocycles. The van der Waals surface area contributed by atoms with Crippen molar-refractivity contribution < 1.29 is 4.92 Å². The van der Waals surface area contributed by atoms with Gasteiger partial charge in [-0.15, -0.1) is 0 Å². The summed E-state index contributed by atoms with van der Waals surface area (Å²) in [6.45, 7) is 1.95. The minimum atomic E-state index is -0.323. The number of rotatable bonds is 3. The van der Waals surface area contributed by atoms with Gasteiger partial charge in [0.1, 0.15) is 0 Å². The molecule has 0 amide bonds. The molecule has 1 aliphatic rings. The zero-order valence-electron chi connectivity index (χ0n) is 8.89. The van der Waals surface area contributed by atoms with E-state index in [0.717, 1.165) is 16.5 Å². The van der Waals surface area contributed by atoms with Crippen LogP contribution in [0.2, 0.25) is 0 Å². The minimum Gasteiger partial charge on any atom is -0.328 e. The normalized spacial score (nSPS) is 25.2. The van der Waals surface area contributed by atoms with E-state index in [1.165, 1.54) is 0 Å². The SMILES string of the molecule is CC(N)C1CC1c1ccc(Br)cc1[N+](=O)[O-]. The summed E-state index contributed by atoms with van der Waals surface area (Å²) in [4.78, 5) is 10.6. The van der Waals surface area contributed by atoms with Crippen LogP contribution in [0.1, 0.15) is 24.8 Å². The van der Waals surface area contributed by atoms with E-state index >= 15 is 0 Å². The van der Waals surface area contributed by atoms with E-state index < -0.39 is 0 Å². The Morgan fingerprint density at radius 2 is 2.31 bits per heavy atom. The first-order valence-corrected chi connectivity index (χ1v) is 5.99. The zero-order valence-corrected chi connectivity index (χ0v) is 10.5. The molecule has 4 nitrogen and oxygen atoms in total. The molecule has 0 bridgehead atoms. The zero-order chi connectivity index (χ0) is 11.9. The van der Waals surface area contributed by atoms with Crippen molar-refractivity contribution in [1.82, 2.24) is 0 Å². The van der Waals surface area contributed by atoms with Gasteiger partial charge >= 0.3 is 0 Å². The number of hydrogen-bond donors (Lipinski definition) is 1. The van der Waals surface area contributed by atoms with Gasteiger partial charge in [-0.25, -0.2) is 0 Å². The van der Waals surface area contributed by atoms with E-state index in [9.17, 15) is 10.1 Å². The average molecular weight is 285 g/mol. The lowest BCUT2D eigenvalue weighted by molar-refractivity contribution is -0.385. The molecule has 1 fully saturated rings. The van der Waals surface area contributed by atoms with Crippen LogP contribution in [0.4, 0.5) is 5.69 Å². The van der Waals surface area contributed by atoms with Crippen molar-refractivity contribution in [1.29, 1.82) is 0 Å². The highest BCUT2D eigenvalue weighted by atomic mass is 79.9. The first-order valence-electron chi connectivity index (χ1n) is 5.20. The van der Waals surface area contributed by atoms with Crippen LogP contribution in [0.25, 0.3) is 0 Å². The maximum atomic E-state index is 10.9. The third kappa shape index (κ3) is 2.10. The van der Waals surface area contributed by atoms with Crippen LogP contribution in [0.3, 0.4) is 0 Å². The molecule has 0 spiro atoms. The molecule has 5 heteroatoms. The second kappa shape index (κ2) is 4.14. The smallest absolute Gasteiger partial charge is 0.274 e. The van der Waals surface area contributed by atoms with Crippen molar-refractivity contribution in [2.75, 3.05) is 0 Å². The highest BCUT2D eigenvalue weighted by Crippen LogP contribution is 2.51.